The van der Waals surface area contributed by atoms with E-state index in [1.165, 1.54) is 23.2 Å². The van der Waals surface area contributed by atoms with Crippen molar-refractivity contribution >= 4 is 50.3 Å². The van der Waals surface area contributed by atoms with Crippen LogP contribution in [0.2, 0.25) is 0 Å². The van der Waals surface area contributed by atoms with Crippen LogP contribution in [-0.4, -0.2) is 123 Å². The molecule has 2 fully saturated rings. The van der Waals surface area contributed by atoms with Crippen LogP contribution in [0, 0.1) is 0 Å². The number of ether oxygens (including phenoxy) is 3. The van der Waals surface area contributed by atoms with Crippen molar-refractivity contribution in [1.29, 1.82) is 0 Å². The minimum Gasteiger partial charge on any atom is -0.455 e. The van der Waals surface area contributed by atoms with Crippen LogP contribution in [-0.2, 0) is 46.5 Å². The van der Waals surface area contributed by atoms with Crippen molar-refractivity contribution in [3.8, 4) is 0 Å². The average Bonchev–Trinajstić information content (AvgIpc) is 3.81. The molecule has 316 valence electrons. The van der Waals surface area contributed by atoms with Crippen LogP contribution >= 0.6 is 15.6 Å². The number of aliphatic hydroxyl groups is 1. The number of phosphoric ester groups is 2. The third-order valence-electron chi connectivity index (χ3n) is 8.43. The number of halogens is 3. The standard InChI is InChI=1S/C27H37F3N10O15P2/c28-27(29,30)25(43)34-5-2-1-3-12(31)24(42)54-20-15(53-23(19(20)41)40-11-37-18-21(33)35-10-36-22(18)40)9-51-57(48,49)55-13-7-17(39-6-4-16(32)38-26(39)44)52-14(13)8-50-56(45,46)47/h4,6,10-15,17,19-20,23,41H,1-3,5,7-9,31H2,(H,34,43)(H,48,49)(H2,32,38,44)(H2,33,35,36)(H2,45,46,47)/t12?,13-,14-,15+,17+,19+,20+,23+/m0/s1. The highest BCUT2D eigenvalue weighted by Crippen LogP contribution is 2.50. The van der Waals surface area contributed by atoms with E-state index in [4.69, 9.17) is 40.5 Å². The van der Waals surface area contributed by atoms with Crippen LogP contribution in [0.4, 0.5) is 24.8 Å². The van der Waals surface area contributed by atoms with Crippen molar-refractivity contribution in [3.05, 3.63) is 35.4 Å². The number of unbranched alkanes of at least 4 members (excludes halogenated alkanes) is 1. The molecule has 0 spiro atoms. The number of carbonyl (C=O) groups is 2. The lowest BCUT2D eigenvalue weighted by atomic mass is 10.1. The van der Waals surface area contributed by atoms with Crippen molar-refractivity contribution in [2.45, 2.75) is 80.9 Å². The molecule has 0 bridgehead atoms. The summed E-state index contributed by atoms with van der Waals surface area (Å²) in [4.78, 5) is 81.2. The fourth-order valence-corrected chi connectivity index (χ4v) is 7.03. The molecule has 0 radical (unpaired) electrons. The van der Waals surface area contributed by atoms with Gasteiger partial charge in [0, 0.05) is 19.2 Å². The molecule has 1 amide bonds. The third-order valence-corrected chi connectivity index (χ3v) is 9.93. The largest absolute Gasteiger partial charge is 0.472 e. The Morgan fingerprint density at radius 3 is 2.46 bits per heavy atom. The molecule has 2 aliphatic heterocycles. The summed E-state index contributed by atoms with van der Waals surface area (Å²) < 4.78 is 96.1. The Morgan fingerprint density at radius 2 is 1.77 bits per heavy atom. The molecule has 25 nitrogen and oxygen atoms in total. The van der Waals surface area contributed by atoms with Crippen LogP contribution in [0.25, 0.3) is 11.2 Å². The molecule has 5 heterocycles. The van der Waals surface area contributed by atoms with Crippen LogP contribution in [0.15, 0.2) is 29.7 Å². The van der Waals surface area contributed by atoms with Gasteiger partial charge in [-0.2, -0.15) is 18.2 Å². The molecule has 3 aromatic heterocycles. The molecular weight excluding hydrogens is 823 g/mol. The van der Waals surface area contributed by atoms with Crippen molar-refractivity contribution in [2.75, 3.05) is 31.2 Å². The van der Waals surface area contributed by atoms with Gasteiger partial charge in [0.2, 0.25) is 0 Å². The van der Waals surface area contributed by atoms with E-state index in [1.54, 1.807) is 5.32 Å². The van der Waals surface area contributed by atoms with E-state index in [-0.39, 0.29) is 55.0 Å². The first-order chi connectivity index (χ1) is 26.6. The summed E-state index contributed by atoms with van der Waals surface area (Å²) in [5.41, 5.74) is 16.6. The van der Waals surface area contributed by atoms with E-state index < -0.39 is 102 Å². The second-order valence-corrected chi connectivity index (χ2v) is 15.1. The Morgan fingerprint density at radius 1 is 1.05 bits per heavy atom. The molecule has 2 saturated heterocycles. The fraction of sp³-hybridized carbons (Fsp3) is 0.593. The first-order valence-corrected chi connectivity index (χ1v) is 19.6. The monoisotopic (exact) mass is 860 g/mol. The van der Waals surface area contributed by atoms with E-state index in [9.17, 15) is 56.5 Å². The van der Waals surface area contributed by atoms with Crippen molar-refractivity contribution < 1.29 is 79.5 Å². The Labute approximate surface area is 317 Å². The number of anilines is 2. The Kier molecular flexibility index (Phi) is 13.7. The number of aromatic nitrogens is 6. The minimum atomic E-state index is -5.23. The zero-order valence-corrected chi connectivity index (χ0v) is 30.9. The Bertz CT molecular complexity index is 2070. The normalized spacial score (nSPS) is 25.6. The first-order valence-electron chi connectivity index (χ1n) is 16.6. The summed E-state index contributed by atoms with van der Waals surface area (Å²) in [5.74, 6) is -3.41. The smallest absolute Gasteiger partial charge is 0.455 e. The van der Waals surface area contributed by atoms with Gasteiger partial charge < -0.3 is 56.5 Å². The number of nitrogens with one attached hydrogen (secondary N) is 1. The molecule has 11 N–H and O–H groups in total. The van der Waals surface area contributed by atoms with Crippen LogP contribution in [0.1, 0.15) is 38.1 Å². The lowest BCUT2D eigenvalue weighted by molar-refractivity contribution is -0.173. The molecule has 0 saturated carbocycles. The molecule has 57 heavy (non-hydrogen) atoms. The number of carbonyl (C=O) groups excluding carboxylic acids is 2. The summed E-state index contributed by atoms with van der Waals surface area (Å²) in [7, 11) is -10.3. The Balaban J connectivity index is 1.29. The SMILES string of the molecule is Nc1ccn([C@H]2C[C@H](OP(=O)(O)OC[C@H]3O[C@@H](n4cnc5c(N)ncnc54)[C@H](O)[C@@H]3OC(=O)C(N)CCCCNC(=O)C(F)(F)F)[C@H](COP(=O)(O)O)O2)c(=O)n1. The van der Waals surface area contributed by atoms with Gasteiger partial charge in [-0.3, -0.25) is 32.3 Å². The summed E-state index contributed by atoms with van der Waals surface area (Å²) in [6.07, 6.45) is -12.7. The number of nitrogens with two attached hydrogens (primary N) is 3. The molecule has 9 atom stereocenters. The van der Waals surface area contributed by atoms with Gasteiger partial charge in [0.05, 0.1) is 19.5 Å². The van der Waals surface area contributed by atoms with Crippen molar-refractivity contribution in [3.63, 3.8) is 0 Å². The van der Waals surface area contributed by atoms with Gasteiger partial charge in [-0.1, -0.05) is 0 Å². The van der Waals surface area contributed by atoms with Crippen LogP contribution in [0.3, 0.4) is 0 Å². The number of hydrogen-bond donors (Lipinski definition) is 8. The lowest BCUT2D eigenvalue weighted by Gasteiger charge is -2.24. The number of nitrogen functional groups attached to an aromatic ring is 2. The van der Waals surface area contributed by atoms with E-state index in [1.807, 2.05) is 0 Å². The molecule has 3 aromatic rings. The fourth-order valence-electron chi connectivity index (χ4n) is 5.73. The predicted octanol–water partition coefficient (Wildman–Crippen LogP) is -1.51. The number of amides is 1. The zero-order valence-electron chi connectivity index (χ0n) is 29.1. The lowest BCUT2D eigenvalue weighted by Crippen LogP contribution is -2.43. The molecule has 0 aromatic carbocycles. The molecule has 5 rings (SSSR count). The molecule has 2 aliphatic rings. The van der Waals surface area contributed by atoms with Gasteiger partial charge in [0.1, 0.15) is 54.3 Å². The maximum absolute atomic E-state index is 13.3. The highest BCUT2D eigenvalue weighted by atomic mass is 31.2. The number of hydrogen-bond acceptors (Lipinski definition) is 19. The van der Waals surface area contributed by atoms with Gasteiger partial charge in [0.25, 0.3) is 0 Å². The summed E-state index contributed by atoms with van der Waals surface area (Å²) in [5, 5.41) is 13.0. The molecular formula is C27H37F3N10O15P2. The summed E-state index contributed by atoms with van der Waals surface area (Å²) in [6.45, 7) is -2.18. The zero-order chi connectivity index (χ0) is 41.9. The molecule has 0 aliphatic carbocycles. The number of rotatable bonds is 17. The van der Waals surface area contributed by atoms with Gasteiger partial charge >= 0.3 is 39.4 Å². The maximum atomic E-state index is 13.3. The van der Waals surface area contributed by atoms with Crippen LogP contribution in [0.5, 0.6) is 0 Å². The van der Waals surface area contributed by atoms with E-state index in [2.05, 4.69) is 24.5 Å². The minimum absolute atomic E-state index is 0.00760. The summed E-state index contributed by atoms with van der Waals surface area (Å²) in [6, 6.07) is -0.145. The number of nitrogens with zero attached hydrogens (tertiary/aromatic N) is 6. The van der Waals surface area contributed by atoms with Gasteiger partial charge in [0.15, 0.2) is 23.8 Å². The van der Waals surface area contributed by atoms with E-state index >= 15 is 0 Å². The Hall–Kier alpha value is -4.18. The maximum Gasteiger partial charge on any atom is 0.472 e. The van der Waals surface area contributed by atoms with Gasteiger partial charge in [-0.05, 0) is 25.3 Å². The third kappa shape index (κ3) is 11.3. The van der Waals surface area contributed by atoms with Crippen molar-refractivity contribution in [2.24, 2.45) is 5.73 Å². The summed E-state index contributed by atoms with van der Waals surface area (Å²) >= 11 is 0. The van der Waals surface area contributed by atoms with E-state index in [0.29, 0.717) is 0 Å². The first kappa shape index (κ1) is 43.9. The second kappa shape index (κ2) is 17.8. The number of fused-ring (bicyclic) bond motifs is 1. The topological polar surface area (TPSA) is 373 Å². The number of esters is 1. The highest BCUT2D eigenvalue weighted by Gasteiger charge is 2.50. The molecule has 30 heteroatoms. The van der Waals surface area contributed by atoms with Crippen molar-refractivity contribution in [1.82, 2.24) is 34.4 Å². The quantitative estimate of drug-likeness (QED) is 0.0434. The predicted molar refractivity (Wildman–Crippen MR) is 181 cm³/mol. The van der Waals surface area contributed by atoms with Gasteiger partial charge in [-0.25, -0.2) is 28.9 Å². The number of imidazole rings is 1. The second-order valence-electron chi connectivity index (χ2n) is 12.5. The number of aliphatic hydroxyl groups excluding tert-OH is 1. The van der Waals surface area contributed by atoms with Gasteiger partial charge in [-0.15, -0.1) is 0 Å². The number of phosphoric acid groups is 2. The number of alkyl halides is 3. The molecule has 2 unspecified atom stereocenters. The van der Waals surface area contributed by atoms with Crippen LogP contribution < -0.4 is 28.2 Å². The average molecular weight is 861 g/mol. The highest BCUT2D eigenvalue weighted by molar-refractivity contribution is 7.47. The van der Waals surface area contributed by atoms with E-state index in [0.717, 1.165) is 10.9 Å².